The van der Waals surface area contributed by atoms with E-state index in [1.807, 2.05) is 26.8 Å². The molecule has 2 radical (unpaired) electrons. The summed E-state index contributed by atoms with van der Waals surface area (Å²) in [6, 6.07) is 11.2. The average Bonchev–Trinajstić information content (AvgIpc) is 2.98. The Hall–Kier alpha value is -2.80. The second-order valence-corrected chi connectivity index (χ2v) is 9.47. The van der Waals surface area contributed by atoms with Gasteiger partial charge in [0.2, 0.25) is 0 Å². The Morgan fingerprint density at radius 3 is 2.29 bits per heavy atom. The molecule has 2 aromatic rings. The predicted octanol–water partition coefficient (Wildman–Crippen LogP) is 9.98. The highest BCUT2D eigenvalue weighted by Gasteiger charge is 2.34. The molecule has 0 aromatic heterocycles. The van der Waals surface area contributed by atoms with Crippen molar-refractivity contribution in [3.05, 3.63) is 106 Å². The number of fused-ring (bicyclic) bond motifs is 1. The van der Waals surface area contributed by atoms with Gasteiger partial charge in [0, 0.05) is 5.41 Å². The summed E-state index contributed by atoms with van der Waals surface area (Å²) in [7, 11) is 5.95. The minimum atomic E-state index is -0.0627. The van der Waals surface area contributed by atoms with E-state index in [2.05, 4.69) is 109 Å². The largest absolute Gasteiger partial charge is 0.0987 e. The molecule has 0 amide bonds. The normalized spacial score (nSPS) is 17.0. The fourth-order valence-corrected chi connectivity index (χ4v) is 4.81. The van der Waals surface area contributed by atoms with E-state index >= 15 is 0 Å². The zero-order valence-corrected chi connectivity index (χ0v) is 22.7. The lowest BCUT2D eigenvalue weighted by Crippen LogP contribution is -2.13. The molecule has 1 aliphatic carbocycles. The van der Waals surface area contributed by atoms with Crippen LogP contribution >= 0.6 is 0 Å². The van der Waals surface area contributed by atoms with Crippen LogP contribution in [0.25, 0.3) is 22.4 Å². The molecule has 0 saturated carbocycles. The third kappa shape index (κ3) is 5.46. The number of allylic oxidation sites excluding steroid dienone is 10. The van der Waals surface area contributed by atoms with Gasteiger partial charge in [-0.15, -0.1) is 0 Å². The predicted molar refractivity (Wildman–Crippen MR) is 156 cm³/mol. The highest BCUT2D eigenvalue weighted by atomic mass is 14.4. The summed E-state index contributed by atoms with van der Waals surface area (Å²) in [4.78, 5) is 0. The average molecular weight is 449 g/mol. The van der Waals surface area contributed by atoms with Gasteiger partial charge in [-0.3, -0.25) is 0 Å². The molecule has 1 unspecified atom stereocenters. The molecule has 0 aliphatic heterocycles. The van der Waals surface area contributed by atoms with Gasteiger partial charge >= 0.3 is 0 Å². The van der Waals surface area contributed by atoms with Crippen molar-refractivity contribution in [2.45, 2.75) is 68.1 Å². The van der Waals surface area contributed by atoms with Gasteiger partial charge in [-0.1, -0.05) is 108 Å². The minimum absolute atomic E-state index is 0.0434. The number of aryl methyl sites for hydroxylation is 1. The summed E-state index contributed by atoms with van der Waals surface area (Å²) in [5, 5.41) is 2.52. The number of benzene rings is 2. The van der Waals surface area contributed by atoms with Gasteiger partial charge in [-0.05, 0) is 89.1 Å². The molecule has 176 valence electrons. The lowest BCUT2D eigenvalue weighted by atomic mass is 9.79. The summed E-state index contributed by atoms with van der Waals surface area (Å²) >= 11 is 0. The molecule has 0 saturated heterocycles. The maximum atomic E-state index is 5.95. The van der Waals surface area contributed by atoms with Gasteiger partial charge in [0.1, 0.15) is 0 Å². The molecule has 34 heavy (non-hydrogen) atoms. The molecule has 1 heteroatoms. The van der Waals surface area contributed by atoms with Crippen molar-refractivity contribution < 1.29 is 0 Å². The van der Waals surface area contributed by atoms with Gasteiger partial charge in [-0.25, -0.2) is 0 Å². The van der Waals surface area contributed by atoms with E-state index < -0.39 is 0 Å². The molecule has 3 rings (SSSR count). The quantitative estimate of drug-likeness (QED) is 0.386. The van der Waals surface area contributed by atoms with E-state index in [-0.39, 0.29) is 11.2 Å². The highest BCUT2D eigenvalue weighted by Crippen LogP contribution is 2.49. The first kappa shape index (κ1) is 27.4. The molecule has 2 aromatic carbocycles. The minimum Gasteiger partial charge on any atom is -0.0987 e. The molecule has 0 nitrogen and oxygen atoms in total. The van der Waals surface area contributed by atoms with Gasteiger partial charge in [-0.2, -0.15) is 0 Å². The number of hydrogen-bond donors (Lipinski definition) is 0. The molecule has 0 fully saturated rings. The molecule has 0 N–H and O–H groups in total. The van der Waals surface area contributed by atoms with Crippen LogP contribution in [0.4, 0.5) is 0 Å². The lowest BCUT2D eigenvalue weighted by Gasteiger charge is -2.25. The second kappa shape index (κ2) is 11.6. The van der Waals surface area contributed by atoms with E-state index in [1.54, 1.807) is 0 Å². The number of hydrogen-bond acceptors (Lipinski definition) is 0. The fraction of sp³-hybridized carbons (Fsp3) is 0.333. The number of rotatable bonds is 6. The van der Waals surface area contributed by atoms with Crippen molar-refractivity contribution in [3.8, 4) is 0 Å². The SMILES string of the molecule is CC.[B]C(C)/C=C\c1c(C)ccc2cc(/C(C)=C/C3=C(C)C(/C=C\C)=C(C=C)C3(C)C)ccc12. The lowest BCUT2D eigenvalue weighted by molar-refractivity contribution is 0.576. The zero-order valence-electron chi connectivity index (χ0n) is 22.7. The molecular formula is C33H41B. The van der Waals surface area contributed by atoms with Gasteiger partial charge < -0.3 is 0 Å². The Morgan fingerprint density at radius 2 is 1.71 bits per heavy atom. The van der Waals surface area contributed by atoms with Crippen LogP contribution in [-0.4, -0.2) is 7.85 Å². The summed E-state index contributed by atoms with van der Waals surface area (Å²) < 4.78 is 0. The van der Waals surface area contributed by atoms with E-state index in [0.717, 1.165) is 0 Å². The first-order valence-electron chi connectivity index (χ1n) is 12.5. The third-order valence-electron chi connectivity index (χ3n) is 6.64. The van der Waals surface area contributed by atoms with Crippen LogP contribution in [0, 0.1) is 12.3 Å². The van der Waals surface area contributed by atoms with Gasteiger partial charge in [0.05, 0.1) is 7.85 Å². The van der Waals surface area contributed by atoms with E-state index in [4.69, 9.17) is 7.85 Å². The van der Waals surface area contributed by atoms with Gasteiger partial charge in [0.15, 0.2) is 0 Å². The first-order chi connectivity index (χ1) is 16.1. The molecule has 0 spiro atoms. The van der Waals surface area contributed by atoms with Gasteiger partial charge in [0.25, 0.3) is 0 Å². The Balaban J connectivity index is 0.00000199. The summed E-state index contributed by atoms with van der Waals surface area (Å²) in [6.45, 7) is 23.4. The highest BCUT2D eigenvalue weighted by molar-refractivity contribution is 6.13. The second-order valence-electron chi connectivity index (χ2n) is 9.47. The van der Waals surface area contributed by atoms with Crippen LogP contribution in [0.1, 0.15) is 72.1 Å². The van der Waals surface area contributed by atoms with Crippen LogP contribution in [0.5, 0.6) is 0 Å². The standard InChI is InChI=1S/C31H35B.C2H6/c1-9-11-27-23(6)30(31(7,8)29(27)10-2)18-21(4)24-15-17-28-25(19-24)14-12-20(3)26(28)16-13-22(5)32;1-2/h9-19,22H,2H2,1,3-8H3;1-2H3/b11-9-,16-13-,21-18+;. The summed E-state index contributed by atoms with van der Waals surface area (Å²) in [6.07, 6.45) is 12.9. The van der Waals surface area contributed by atoms with Crippen LogP contribution in [0.2, 0.25) is 5.82 Å². The summed E-state index contributed by atoms with van der Waals surface area (Å²) in [5.41, 5.74) is 10.3. The molecule has 1 aliphatic rings. The Kier molecular flexibility index (Phi) is 9.33. The van der Waals surface area contributed by atoms with E-state index in [1.165, 1.54) is 55.3 Å². The van der Waals surface area contributed by atoms with Crippen LogP contribution in [0.3, 0.4) is 0 Å². The van der Waals surface area contributed by atoms with Crippen molar-refractivity contribution in [2.75, 3.05) is 0 Å². The smallest absolute Gasteiger partial charge is 0.0751 e. The molecule has 1 atom stereocenters. The first-order valence-corrected chi connectivity index (χ1v) is 12.5. The van der Waals surface area contributed by atoms with Crippen molar-refractivity contribution in [1.82, 2.24) is 0 Å². The zero-order chi connectivity index (χ0) is 25.6. The topological polar surface area (TPSA) is 0 Å². The van der Waals surface area contributed by atoms with Crippen molar-refractivity contribution in [3.63, 3.8) is 0 Å². The summed E-state index contributed by atoms with van der Waals surface area (Å²) in [5.74, 6) is 0.0434. The maximum absolute atomic E-state index is 5.95. The molecular weight excluding hydrogens is 407 g/mol. The Labute approximate surface area is 210 Å². The van der Waals surface area contributed by atoms with E-state index in [0.29, 0.717) is 0 Å². The fourth-order valence-electron chi connectivity index (χ4n) is 4.81. The van der Waals surface area contributed by atoms with Crippen molar-refractivity contribution in [1.29, 1.82) is 0 Å². The van der Waals surface area contributed by atoms with Crippen LogP contribution in [0.15, 0.2) is 89.6 Å². The van der Waals surface area contributed by atoms with Crippen LogP contribution < -0.4 is 0 Å². The van der Waals surface area contributed by atoms with Crippen LogP contribution in [-0.2, 0) is 0 Å². The monoisotopic (exact) mass is 448 g/mol. The molecule has 0 bridgehead atoms. The van der Waals surface area contributed by atoms with E-state index in [9.17, 15) is 0 Å². The van der Waals surface area contributed by atoms with Crippen molar-refractivity contribution in [2.24, 2.45) is 5.41 Å². The Bertz CT molecular complexity index is 1210. The third-order valence-corrected chi connectivity index (χ3v) is 6.64. The van der Waals surface area contributed by atoms with Crippen molar-refractivity contribution >= 4 is 30.3 Å². The molecule has 0 heterocycles. The Morgan fingerprint density at radius 1 is 1.03 bits per heavy atom. The maximum Gasteiger partial charge on any atom is 0.0751 e.